The molecule has 2 saturated heterocycles. The van der Waals surface area contributed by atoms with Crippen LogP contribution in [0.4, 0.5) is 27.3 Å². The Morgan fingerprint density at radius 1 is 1.20 bits per heavy atom. The molecule has 3 N–H and O–H groups in total. The Morgan fingerprint density at radius 2 is 1.95 bits per heavy atom. The van der Waals surface area contributed by atoms with Gasteiger partial charge in [0.25, 0.3) is 5.91 Å². The van der Waals surface area contributed by atoms with Crippen molar-refractivity contribution in [2.45, 2.75) is 50.9 Å². The van der Waals surface area contributed by atoms with Gasteiger partial charge in [0.2, 0.25) is 16.9 Å². The van der Waals surface area contributed by atoms with Gasteiger partial charge in [-0.05, 0) is 63.1 Å². The van der Waals surface area contributed by atoms with Crippen LogP contribution in [-0.4, -0.2) is 82.0 Å². The summed E-state index contributed by atoms with van der Waals surface area (Å²) in [6, 6.07) is 6.62. The van der Waals surface area contributed by atoms with E-state index in [-0.39, 0.29) is 11.9 Å². The van der Waals surface area contributed by atoms with E-state index in [4.69, 9.17) is 9.47 Å². The minimum atomic E-state index is -3.86. The fraction of sp³-hybridized carbons (Fsp3) is 0.571. The monoisotopic (exact) mass is 591 g/mol. The Labute approximate surface area is 240 Å². The zero-order valence-corrected chi connectivity index (χ0v) is 24.3. The van der Waals surface area contributed by atoms with Crippen molar-refractivity contribution in [3.63, 3.8) is 0 Å². The van der Waals surface area contributed by atoms with Crippen LogP contribution in [0.1, 0.15) is 49.9 Å². The van der Waals surface area contributed by atoms with Gasteiger partial charge in [-0.15, -0.1) is 0 Å². The van der Waals surface area contributed by atoms with Gasteiger partial charge in [-0.3, -0.25) is 9.52 Å². The number of hydrogen-bond donors (Lipinski definition) is 3. The number of amides is 1. The molecule has 1 aromatic carbocycles. The number of carbonyl (C=O) groups is 1. The number of nitrogens with one attached hydrogen (secondary N) is 2. The lowest BCUT2D eigenvalue weighted by molar-refractivity contribution is 0.0529. The molecule has 224 valence electrons. The lowest BCUT2D eigenvalue weighted by atomic mass is 9.93. The van der Waals surface area contributed by atoms with Crippen molar-refractivity contribution in [2.24, 2.45) is 5.41 Å². The summed E-state index contributed by atoms with van der Waals surface area (Å²) < 4.78 is 51.6. The molecule has 1 saturated carbocycles. The molecule has 0 unspecified atom stereocenters. The molecular weight excluding hydrogens is 553 g/mol. The van der Waals surface area contributed by atoms with Crippen LogP contribution in [0.5, 0.6) is 5.75 Å². The summed E-state index contributed by atoms with van der Waals surface area (Å²) in [4.78, 5) is 22.0. The van der Waals surface area contributed by atoms with Gasteiger partial charge in [0, 0.05) is 44.1 Å². The number of pyridine rings is 1. The number of aliphatic hydroxyl groups is 1. The summed E-state index contributed by atoms with van der Waals surface area (Å²) in [6.45, 7) is 5.07. The molecule has 1 aromatic heterocycles. The number of aromatic nitrogens is 1. The van der Waals surface area contributed by atoms with Crippen LogP contribution in [0.25, 0.3) is 0 Å². The van der Waals surface area contributed by atoms with Crippen molar-refractivity contribution < 1.29 is 32.2 Å². The largest absolute Gasteiger partial charge is 0.461 e. The third kappa shape index (κ3) is 6.68. The number of rotatable bonds is 10. The molecule has 1 aliphatic carbocycles. The average Bonchev–Trinajstić information content (AvgIpc) is 3.72. The highest BCUT2D eigenvalue weighted by molar-refractivity contribution is 7.93. The molecule has 0 bridgehead atoms. The minimum absolute atomic E-state index is 0.00974. The highest BCUT2D eigenvalue weighted by Gasteiger charge is 2.44. The number of morpholine rings is 1. The smallest absolute Gasteiger partial charge is 0.259 e. The maximum Gasteiger partial charge on any atom is 0.259 e. The van der Waals surface area contributed by atoms with E-state index in [0.717, 1.165) is 25.9 Å². The predicted octanol–water partition coefficient (Wildman–Crippen LogP) is 3.37. The van der Waals surface area contributed by atoms with E-state index >= 15 is 0 Å². The lowest BCUT2D eigenvalue weighted by Crippen LogP contribution is -2.41. The molecule has 2 aliphatic heterocycles. The van der Waals surface area contributed by atoms with Crippen molar-refractivity contribution >= 4 is 38.8 Å². The molecule has 1 spiro atoms. The highest BCUT2D eigenvalue weighted by atomic mass is 32.2. The van der Waals surface area contributed by atoms with Crippen LogP contribution in [0.2, 0.25) is 0 Å². The maximum absolute atomic E-state index is 13.6. The first-order chi connectivity index (χ1) is 19.6. The fourth-order valence-electron chi connectivity index (χ4n) is 5.44. The van der Waals surface area contributed by atoms with Crippen molar-refractivity contribution in [1.82, 2.24) is 4.98 Å². The number of nitrogens with zero attached hydrogens (tertiary/aromatic N) is 3. The zero-order chi connectivity index (χ0) is 29.2. The minimum Gasteiger partial charge on any atom is -0.461 e. The fourth-order valence-corrected chi connectivity index (χ4v) is 6.24. The van der Waals surface area contributed by atoms with Gasteiger partial charge in [0.1, 0.15) is 16.8 Å². The Bertz CT molecular complexity index is 1360. The lowest BCUT2D eigenvalue weighted by Gasteiger charge is -2.35. The molecule has 11 nitrogen and oxygen atoms in total. The Morgan fingerprint density at radius 3 is 2.61 bits per heavy atom. The van der Waals surface area contributed by atoms with Crippen molar-refractivity contribution in [3.8, 4) is 5.75 Å². The zero-order valence-electron chi connectivity index (χ0n) is 23.4. The van der Waals surface area contributed by atoms with Crippen LogP contribution in [-0.2, 0) is 14.8 Å². The number of anilines is 4. The first kappa shape index (κ1) is 29.3. The summed E-state index contributed by atoms with van der Waals surface area (Å²) in [5.74, 6) is 0.0517. The first-order valence-corrected chi connectivity index (χ1v) is 15.6. The standard InChI is InChI=1S/C28H38FN5O6S/c1-19-16-34(11-12-39-19)24-13-21(3-4-25(24)40-18-29)31-27(36)22-15-30-26(32-41(37,38)20(2)17-35)14-23(22)33-9-7-28(5-6-28)8-10-33/h3-4,13-15,19-20,35H,5-12,16-18H2,1-2H3,(H,30,32)(H,31,36)/t19-,20+/m1/s1. The second-order valence-electron chi connectivity index (χ2n) is 11.2. The molecule has 5 rings (SSSR count). The summed E-state index contributed by atoms with van der Waals surface area (Å²) >= 11 is 0. The van der Waals surface area contributed by atoms with Crippen molar-refractivity contribution in [2.75, 3.05) is 66.1 Å². The molecule has 0 radical (unpaired) electrons. The van der Waals surface area contributed by atoms with Gasteiger partial charge in [-0.25, -0.2) is 17.8 Å². The number of hydrogen-bond acceptors (Lipinski definition) is 9. The third-order valence-corrected chi connectivity index (χ3v) is 9.99. The quantitative estimate of drug-likeness (QED) is 0.380. The number of alkyl halides is 1. The van der Waals surface area contributed by atoms with Gasteiger partial charge in [-0.1, -0.05) is 0 Å². The van der Waals surface area contributed by atoms with Gasteiger partial charge in [-0.2, -0.15) is 0 Å². The number of halogens is 1. The molecule has 41 heavy (non-hydrogen) atoms. The third-order valence-electron chi connectivity index (χ3n) is 8.29. The Kier molecular flexibility index (Phi) is 8.57. The van der Waals surface area contributed by atoms with E-state index in [2.05, 4.69) is 19.9 Å². The first-order valence-electron chi connectivity index (χ1n) is 14.0. The van der Waals surface area contributed by atoms with Crippen molar-refractivity contribution in [1.29, 1.82) is 0 Å². The maximum atomic E-state index is 13.6. The molecule has 2 atom stereocenters. The van der Waals surface area contributed by atoms with E-state index in [1.807, 2.05) is 11.8 Å². The van der Waals surface area contributed by atoms with Crippen LogP contribution < -0.4 is 24.6 Å². The molecule has 2 aromatic rings. The predicted molar refractivity (Wildman–Crippen MR) is 155 cm³/mol. The van der Waals surface area contributed by atoms with E-state index in [0.29, 0.717) is 53.5 Å². The van der Waals surface area contributed by atoms with Crippen LogP contribution in [0.15, 0.2) is 30.5 Å². The molecule has 13 heteroatoms. The molecule has 3 aliphatic rings. The average molecular weight is 592 g/mol. The topological polar surface area (TPSA) is 133 Å². The van der Waals surface area contributed by atoms with E-state index < -0.39 is 34.6 Å². The Hall–Kier alpha value is -3.16. The van der Waals surface area contributed by atoms with E-state index in [9.17, 15) is 22.7 Å². The number of sulfonamides is 1. The van der Waals surface area contributed by atoms with Gasteiger partial charge < -0.3 is 29.7 Å². The van der Waals surface area contributed by atoms with Gasteiger partial charge >= 0.3 is 0 Å². The number of ether oxygens (including phenoxy) is 2. The number of piperidine rings is 1. The molecule has 1 amide bonds. The van der Waals surface area contributed by atoms with E-state index in [1.54, 1.807) is 24.3 Å². The number of aliphatic hydroxyl groups excluding tert-OH is 1. The Balaban J connectivity index is 1.42. The SMILES string of the molecule is C[C@@H]1CN(c2cc(NC(=O)c3cnc(NS(=O)(=O)[C@@H](C)CO)cc3N3CCC4(CC3)CC4)ccc2OCF)CCO1. The van der Waals surface area contributed by atoms with Gasteiger partial charge in [0.05, 0.1) is 36.3 Å². The second-order valence-corrected chi connectivity index (χ2v) is 13.3. The molecule has 3 heterocycles. The summed E-state index contributed by atoms with van der Waals surface area (Å²) in [5, 5.41) is 11.3. The van der Waals surface area contributed by atoms with Crippen LogP contribution >= 0.6 is 0 Å². The second kappa shape index (κ2) is 12.0. The number of benzene rings is 1. The summed E-state index contributed by atoms with van der Waals surface area (Å²) in [7, 11) is -3.86. The van der Waals surface area contributed by atoms with E-state index in [1.165, 1.54) is 26.0 Å². The summed E-state index contributed by atoms with van der Waals surface area (Å²) in [6.07, 6.45) is 5.83. The van der Waals surface area contributed by atoms with Crippen molar-refractivity contribution in [3.05, 3.63) is 36.0 Å². The highest BCUT2D eigenvalue weighted by Crippen LogP contribution is 2.54. The van der Waals surface area contributed by atoms with Gasteiger partial charge in [0.15, 0.2) is 0 Å². The molecular formula is C28H38FN5O6S. The molecule has 3 fully saturated rings. The number of carbonyl (C=O) groups excluding carboxylic acids is 1. The normalized spacial score (nSPS) is 20.9. The van der Waals surface area contributed by atoms with Crippen LogP contribution in [0, 0.1) is 5.41 Å². The van der Waals surface area contributed by atoms with Crippen LogP contribution in [0.3, 0.4) is 0 Å². The summed E-state index contributed by atoms with van der Waals surface area (Å²) in [5.41, 5.74) is 2.45.